The highest BCUT2D eigenvalue weighted by molar-refractivity contribution is 5.76. The molecule has 0 unspecified atom stereocenters. The second-order valence-electron chi connectivity index (χ2n) is 6.79. The fourth-order valence-corrected chi connectivity index (χ4v) is 3.00. The molecule has 27 heavy (non-hydrogen) atoms. The minimum absolute atomic E-state index is 0.0773. The van der Waals surface area contributed by atoms with Gasteiger partial charge in [0.25, 0.3) is 0 Å². The first-order valence-electron chi connectivity index (χ1n) is 9.69. The molecule has 150 valence electrons. The van der Waals surface area contributed by atoms with E-state index in [-0.39, 0.29) is 11.8 Å². The topological polar surface area (TPSA) is 73.9 Å². The highest BCUT2D eigenvalue weighted by atomic mass is 16.5. The predicted octanol–water partition coefficient (Wildman–Crippen LogP) is 0.498. The molecule has 0 radical (unpaired) electrons. The number of hydrogen-bond donors (Lipinski definition) is 2. The number of benzene rings is 1. The molecular weight excluding hydrogens is 344 g/mol. The van der Waals surface area contributed by atoms with Gasteiger partial charge in [0, 0.05) is 59.2 Å². The quantitative estimate of drug-likeness (QED) is 0.622. The predicted molar refractivity (Wildman–Crippen MR) is 106 cm³/mol. The van der Waals surface area contributed by atoms with Gasteiger partial charge in [-0.2, -0.15) is 0 Å². The molecule has 7 nitrogen and oxygen atoms in total. The summed E-state index contributed by atoms with van der Waals surface area (Å²) >= 11 is 0. The highest BCUT2D eigenvalue weighted by Gasteiger charge is 2.17. The van der Waals surface area contributed by atoms with Gasteiger partial charge in [-0.25, -0.2) is 0 Å². The average molecular weight is 377 g/mol. The van der Waals surface area contributed by atoms with Crippen LogP contribution in [0.4, 0.5) is 0 Å². The Bertz CT molecular complexity index is 583. The van der Waals surface area contributed by atoms with Crippen molar-refractivity contribution in [3.05, 3.63) is 29.8 Å². The summed E-state index contributed by atoms with van der Waals surface area (Å²) in [4.78, 5) is 27.1. The van der Waals surface area contributed by atoms with Gasteiger partial charge in [-0.3, -0.25) is 14.5 Å². The number of ether oxygens (including phenoxy) is 1. The molecule has 0 spiro atoms. The molecule has 1 heterocycles. The maximum atomic E-state index is 11.6. The number of hydrogen-bond acceptors (Lipinski definition) is 5. The van der Waals surface area contributed by atoms with E-state index in [1.807, 2.05) is 36.2 Å². The van der Waals surface area contributed by atoms with Crippen LogP contribution in [0, 0.1) is 0 Å². The van der Waals surface area contributed by atoms with Crippen LogP contribution in [0.25, 0.3) is 0 Å². The molecule has 1 aromatic carbocycles. The van der Waals surface area contributed by atoms with Gasteiger partial charge in [-0.1, -0.05) is 12.1 Å². The van der Waals surface area contributed by atoms with E-state index in [2.05, 4.69) is 15.5 Å². The third-order valence-electron chi connectivity index (χ3n) is 4.76. The van der Waals surface area contributed by atoms with Crippen molar-refractivity contribution in [1.82, 2.24) is 20.4 Å². The zero-order valence-corrected chi connectivity index (χ0v) is 16.5. The van der Waals surface area contributed by atoms with E-state index in [0.29, 0.717) is 26.1 Å². The van der Waals surface area contributed by atoms with Crippen molar-refractivity contribution in [2.75, 3.05) is 59.5 Å². The van der Waals surface area contributed by atoms with E-state index in [1.54, 1.807) is 6.92 Å². The summed E-state index contributed by atoms with van der Waals surface area (Å²) in [6.45, 7) is 7.89. The van der Waals surface area contributed by atoms with Crippen molar-refractivity contribution in [3.63, 3.8) is 0 Å². The van der Waals surface area contributed by atoms with Crippen LogP contribution in [0.3, 0.4) is 0 Å². The smallest absolute Gasteiger partial charge is 0.221 e. The van der Waals surface area contributed by atoms with E-state index in [0.717, 1.165) is 44.9 Å². The molecule has 1 aromatic rings. The van der Waals surface area contributed by atoms with Crippen LogP contribution in [0.15, 0.2) is 24.3 Å². The lowest BCUT2D eigenvalue weighted by Gasteiger charge is -2.34. The molecule has 1 aliphatic heterocycles. The number of amides is 2. The summed E-state index contributed by atoms with van der Waals surface area (Å²) in [5.74, 6) is 1.09. The van der Waals surface area contributed by atoms with E-state index >= 15 is 0 Å². The minimum Gasteiger partial charge on any atom is -0.492 e. The van der Waals surface area contributed by atoms with Crippen LogP contribution in [-0.2, 0) is 16.0 Å². The first kappa shape index (κ1) is 21.2. The molecular formula is C20H32N4O3. The van der Waals surface area contributed by atoms with Gasteiger partial charge < -0.3 is 20.3 Å². The minimum atomic E-state index is 0.0773. The Balaban J connectivity index is 1.60. The van der Waals surface area contributed by atoms with Gasteiger partial charge in [0.15, 0.2) is 0 Å². The standard InChI is InChI=1S/C20H32N4O3/c1-17(25)24-13-11-23(12-14-24)15-16-27-19-5-3-18(4-6-19)7-10-22-20(26)8-9-21-2/h3-6,21H,7-16H2,1-2H3,(H,22,26). The maximum Gasteiger partial charge on any atom is 0.221 e. The van der Waals surface area contributed by atoms with Gasteiger partial charge in [-0.15, -0.1) is 0 Å². The largest absolute Gasteiger partial charge is 0.492 e. The number of rotatable bonds is 10. The molecule has 2 amide bonds. The summed E-state index contributed by atoms with van der Waals surface area (Å²) in [6, 6.07) is 8.04. The normalized spacial score (nSPS) is 14.8. The highest BCUT2D eigenvalue weighted by Crippen LogP contribution is 2.12. The van der Waals surface area contributed by atoms with Crippen LogP contribution in [0.5, 0.6) is 5.75 Å². The number of nitrogens with one attached hydrogen (secondary N) is 2. The van der Waals surface area contributed by atoms with Crippen molar-refractivity contribution in [2.24, 2.45) is 0 Å². The van der Waals surface area contributed by atoms with Crippen LogP contribution < -0.4 is 15.4 Å². The molecule has 1 fully saturated rings. The molecule has 7 heteroatoms. The fourth-order valence-electron chi connectivity index (χ4n) is 3.00. The number of carbonyl (C=O) groups excluding carboxylic acids is 2. The molecule has 1 aliphatic rings. The Labute approximate surface area is 162 Å². The van der Waals surface area contributed by atoms with Crippen molar-refractivity contribution in [2.45, 2.75) is 19.8 Å². The summed E-state index contributed by atoms with van der Waals surface area (Å²) in [6.07, 6.45) is 1.32. The lowest BCUT2D eigenvalue weighted by Crippen LogP contribution is -2.48. The molecule has 0 aliphatic carbocycles. The third kappa shape index (κ3) is 7.97. The molecule has 0 atom stereocenters. The van der Waals surface area contributed by atoms with Crippen molar-refractivity contribution < 1.29 is 14.3 Å². The Morgan fingerprint density at radius 1 is 1.07 bits per heavy atom. The molecule has 2 N–H and O–H groups in total. The Kier molecular flexibility index (Phi) is 9.07. The Hall–Kier alpha value is -2.12. The first-order chi connectivity index (χ1) is 13.1. The maximum absolute atomic E-state index is 11.6. The van der Waals surface area contributed by atoms with Crippen LogP contribution in [0.1, 0.15) is 18.9 Å². The number of nitrogens with zero attached hydrogens (tertiary/aromatic N) is 2. The lowest BCUT2D eigenvalue weighted by atomic mass is 10.1. The van der Waals surface area contributed by atoms with E-state index in [4.69, 9.17) is 4.74 Å². The van der Waals surface area contributed by atoms with E-state index in [9.17, 15) is 9.59 Å². The molecule has 0 saturated carbocycles. The Morgan fingerprint density at radius 2 is 1.78 bits per heavy atom. The van der Waals surface area contributed by atoms with Gasteiger partial charge in [0.1, 0.15) is 12.4 Å². The summed E-state index contributed by atoms with van der Waals surface area (Å²) < 4.78 is 5.83. The molecule has 1 saturated heterocycles. The fraction of sp³-hybridized carbons (Fsp3) is 0.600. The molecule has 0 aromatic heterocycles. The second kappa shape index (κ2) is 11.6. The van der Waals surface area contributed by atoms with Gasteiger partial charge >= 0.3 is 0 Å². The van der Waals surface area contributed by atoms with Crippen molar-refractivity contribution in [1.29, 1.82) is 0 Å². The summed E-state index contributed by atoms with van der Waals surface area (Å²) in [7, 11) is 1.84. The SMILES string of the molecule is CNCCC(=O)NCCc1ccc(OCCN2CCN(C(C)=O)CC2)cc1. The van der Waals surface area contributed by atoms with Gasteiger partial charge in [0.2, 0.25) is 11.8 Å². The lowest BCUT2D eigenvalue weighted by molar-refractivity contribution is -0.130. The van der Waals surface area contributed by atoms with Crippen molar-refractivity contribution in [3.8, 4) is 5.75 Å². The van der Waals surface area contributed by atoms with E-state index in [1.165, 1.54) is 5.56 Å². The van der Waals surface area contributed by atoms with Gasteiger partial charge in [0.05, 0.1) is 0 Å². The second-order valence-corrected chi connectivity index (χ2v) is 6.79. The number of carbonyl (C=O) groups is 2. The summed E-state index contributed by atoms with van der Waals surface area (Å²) in [5.41, 5.74) is 1.18. The third-order valence-corrected chi connectivity index (χ3v) is 4.76. The Morgan fingerprint density at radius 3 is 2.41 bits per heavy atom. The van der Waals surface area contributed by atoms with Crippen molar-refractivity contribution >= 4 is 11.8 Å². The molecule has 2 rings (SSSR count). The number of piperazine rings is 1. The van der Waals surface area contributed by atoms with Crippen LogP contribution in [-0.4, -0.2) is 81.1 Å². The average Bonchev–Trinajstić information content (AvgIpc) is 2.68. The summed E-state index contributed by atoms with van der Waals surface area (Å²) in [5, 5.41) is 5.88. The van der Waals surface area contributed by atoms with Crippen LogP contribution in [0.2, 0.25) is 0 Å². The van der Waals surface area contributed by atoms with E-state index < -0.39 is 0 Å². The van der Waals surface area contributed by atoms with Gasteiger partial charge in [-0.05, 0) is 31.2 Å². The molecule has 0 bridgehead atoms. The van der Waals surface area contributed by atoms with Crippen LogP contribution >= 0.6 is 0 Å². The zero-order valence-electron chi connectivity index (χ0n) is 16.5. The first-order valence-corrected chi connectivity index (χ1v) is 9.69. The monoisotopic (exact) mass is 376 g/mol. The zero-order chi connectivity index (χ0) is 19.5.